The van der Waals surface area contributed by atoms with Crippen LogP contribution in [0.25, 0.3) is 0 Å². The second kappa shape index (κ2) is 6.41. The predicted octanol–water partition coefficient (Wildman–Crippen LogP) is 3.85. The van der Waals surface area contributed by atoms with Crippen LogP contribution in [-0.4, -0.2) is 9.78 Å². The van der Waals surface area contributed by atoms with Crippen molar-refractivity contribution in [3.63, 3.8) is 0 Å². The monoisotopic (exact) mass is 407 g/mol. The Bertz CT molecular complexity index is 627. The van der Waals surface area contributed by atoms with E-state index in [1.54, 1.807) is 6.07 Å². The number of rotatable bonds is 4. The fourth-order valence-electron chi connectivity index (χ4n) is 2.18. The van der Waals surface area contributed by atoms with Crippen LogP contribution in [0.15, 0.2) is 18.2 Å². The molecule has 0 radical (unpaired) electrons. The molecule has 108 valence electrons. The minimum Gasteiger partial charge on any atom is -0.324 e. The van der Waals surface area contributed by atoms with Crippen molar-refractivity contribution in [2.45, 2.75) is 32.9 Å². The van der Waals surface area contributed by atoms with Crippen molar-refractivity contribution in [3.8, 4) is 0 Å². The average Bonchev–Trinajstić information content (AvgIpc) is 2.66. The van der Waals surface area contributed by atoms with Crippen LogP contribution in [0.4, 0.5) is 4.39 Å². The maximum absolute atomic E-state index is 13.1. The van der Waals surface area contributed by atoms with Crippen molar-refractivity contribution in [1.29, 1.82) is 0 Å². The summed E-state index contributed by atoms with van der Waals surface area (Å²) in [5.41, 5.74) is 8.91. The van der Waals surface area contributed by atoms with Gasteiger partial charge in [-0.05, 0) is 54.1 Å². The molecule has 1 atom stereocenters. The average molecular weight is 408 g/mol. The molecular weight excluding hydrogens is 392 g/mol. The van der Waals surface area contributed by atoms with Crippen LogP contribution in [0.2, 0.25) is 5.02 Å². The van der Waals surface area contributed by atoms with E-state index in [0.29, 0.717) is 11.4 Å². The van der Waals surface area contributed by atoms with Gasteiger partial charge in [0.2, 0.25) is 0 Å². The summed E-state index contributed by atoms with van der Waals surface area (Å²) in [7, 11) is 0. The van der Waals surface area contributed by atoms with E-state index in [1.807, 2.05) is 18.5 Å². The second-order valence-corrected chi connectivity index (χ2v) is 6.18. The van der Waals surface area contributed by atoms with E-state index in [1.165, 1.54) is 12.1 Å². The van der Waals surface area contributed by atoms with Gasteiger partial charge in [-0.2, -0.15) is 5.10 Å². The molecule has 0 aliphatic heterocycles. The Balaban J connectivity index is 2.30. The summed E-state index contributed by atoms with van der Waals surface area (Å²) in [4.78, 5) is 0. The van der Waals surface area contributed by atoms with Crippen molar-refractivity contribution >= 4 is 34.2 Å². The van der Waals surface area contributed by atoms with Crippen molar-refractivity contribution < 1.29 is 4.39 Å². The highest BCUT2D eigenvalue weighted by molar-refractivity contribution is 14.1. The number of nitrogens with zero attached hydrogens (tertiary/aromatic N) is 2. The van der Waals surface area contributed by atoms with Gasteiger partial charge in [-0.15, -0.1) is 0 Å². The van der Waals surface area contributed by atoms with Gasteiger partial charge in [-0.1, -0.05) is 17.7 Å². The molecule has 0 fully saturated rings. The normalized spacial score (nSPS) is 12.7. The van der Waals surface area contributed by atoms with E-state index in [0.717, 1.165) is 27.1 Å². The molecule has 0 saturated heterocycles. The first-order valence-corrected chi connectivity index (χ1v) is 7.82. The molecule has 0 spiro atoms. The van der Waals surface area contributed by atoms with Gasteiger partial charge in [0, 0.05) is 22.6 Å². The number of hydrogen-bond acceptors (Lipinski definition) is 2. The number of nitrogens with two attached hydrogens (primary N) is 1. The Labute approximate surface area is 136 Å². The van der Waals surface area contributed by atoms with Crippen LogP contribution in [0.3, 0.4) is 0 Å². The third-order valence-electron chi connectivity index (χ3n) is 3.23. The Morgan fingerprint density at radius 1 is 1.50 bits per heavy atom. The van der Waals surface area contributed by atoms with Crippen molar-refractivity contribution in [3.05, 3.63) is 49.6 Å². The summed E-state index contributed by atoms with van der Waals surface area (Å²) in [5.74, 6) is -0.252. The van der Waals surface area contributed by atoms with Crippen molar-refractivity contribution in [1.82, 2.24) is 9.78 Å². The largest absolute Gasteiger partial charge is 0.324 e. The van der Waals surface area contributed by atoms with Crippen LogP contribution in [-0.2, 0) is 13.0 Å². The van der Waals surface area contributed by atoms with E-state index < -0.39 is 0 Å². The number of aryl methyl sites for hydroxylation is 2. The molecule has 3 nitrogen and oxygen atoms in total. The van der Waals surface area contributed by atoms with E-state index >= 15 is 0 Å². The lowest BCUT2D eigenvalue weighted by Gasteiger charge is -2.15. The number of hydrogen-bond donors (Lipinski definition) is 1. The zero-order valence-electron chi connectivity index (χ0n) is 11.3. The fraction of sp³-hybridized carbons (Fsp3) is 0.357. The van der Waals surface area contributed by atoms with Gasteiger partial charge in [0.15, 0.2) is 0 Å². The molecule has 1 aromatic heterocycles. The van der Waals surface area contributed by atoms with Crippen LogP contribution < -0.4 is 5.73 Å². The molecule has 2 rings (SSSR count). The van der Waals surface area contributed by atoms with Gasteiger partial charge in [-0.25, -0.2) is 4.39 Å². The van der Waals surface area contributed by atoms with Crippen LogP contribution in [0.5, 0.6) is 0 Å². The third-order valence-corrected chi connectivity index (χ3v) is 4.65. The van der Waals surface area contributed by atoms with Crippen molar-refractivity contribution in [2.75, 3.05) is 0 Å². The van der Waals surface area contributed by atoms with Crippen LogP contribution >= 0.6 is 34.2 Å². The SMILES string of the molecule is CCn1nc(C)c(Cl)c1CC(N)c1ccc(F)cc1I. The summed E-state index contributed by atoms with van der Waals surface area (Å²) in [6, 6.07) is 4.41. The molecule has 2 N–H and O–H groups in total. The van der Waals surface area contributed by atoms with Crippen LogP contribution in [0.1, 0.15) is 29.9 Å². The highest BCUT2D eigenvalue weighted by atomic mass is 127. The summed E-state index contributed by atoms with van der Waals surface area (Å²) < 4.78 is 15.8. The third kappa shape index (κ3) is 3.15. The smallest absolute Gasteiger partial charge is 0.124 e. The van der Waals surface area contributed by atoms with Crippen LogP contribution in [0, 0.1) is 16.3 Å². The maximum atomic E-state index is 13.1. The fourth-order valence-corrected chi connectivity index (χ4v) is 3.27. The Kier molecular flexibility index (Phi) is 5.04. The van der Waals surface area contributed by atoms with E-state index in [2.05, 4.69) is 27.7 Å². The van der Waals surface area contributed by atoms with E-state index in [9.17, 15) is 4.39 Å². The highest BCUT2D eigenvalue weighted by Crippen LogP contribution is 2.27. The lowest BCUT2D eigenvalue weighted by molar-refractivity contribution is 0.584. The van der Waals surface area contributed by atoms with Gasteiger partial charge in [0.1, 0.15) is 5.82 Å². The molecule has 0 saturated carbocycles. The van der Waals surface area contributed by atoms with Gasteiger partial charge in [0.05, 0.1) is 16.4 Å². The molecule has 0 aliphatic rings. The Hall–Kier alpha value is -0.660. The summed E-state index contributed by atoms with van der Waals surface area (Å²) in [5, 5.41) is 5.05. The van der Waals surface area contributed by atoms with Crippen molar-refractivity contribution in [2.24, 2.45) is 5.73 Å². The zero-order valence-corrected chi connectivity index (χ0v) is 14.2. The number of benzene rings is 1. The zero-order chi connectivity index (χ0) is 14.9. The summed E-state index contributed by atoms with van der Waals surface area (Å²) >= 11 is 8.39. The quantitative estimate of drug-likeness (QED) is 0.783. The molecule has 0 aliphatic carbocycles. The second-order valence-electron chi connectivity index (χ2n) is 4.64. The highest BCUT2D eigenvalue weighted by Gasteiger charge is 2.18. The predicted molar refractivity (Wildman–Crippen MR) is 87.4 cm³/mol. The standard InChI is InChI=1S/C14H16ClFIN3/c1-3-20-13(14(15)8(2)19-20)7-12(18)10-5-4-9(16)6-11(10)17/h4-6,12H,3,7,18H2,1-2H3. The molecule has 0 amide bonds. The first kappa shape index (κ1) is 15.7. The molecule has 0 bridgehead atoms. The molecule has 1 heterocycles. The summed E-state index contributed by atoms with van der Waals surface area (Å²) in [6.07, 6.45) is 0.579. The number of aromatic nitrogens is 2. The van der Waals surface area contributed by atoms with Gasteiger partial charge in [0.25, 0.3) is 0 Å². The number of halogens is 3. The molecule has 1 aromatic carbocycles. The summed E-state index contributed by atoms with van der Waals surface area (Å²) in [6.45, 7) is 4.64. The van der Waals surface area contributed by atoms with E-state index in [4.69, 9.17) is 17.3 Å². The Morgan fingerprint density at radius 3 is 2.80 bits per heavy atom. The molecule has 6 heteroatoms. The Morgan fingerprint density at radius 2 is 2.20 bits per heavy atom. The first-order valence-electron chi connectivity index (χ1n) is 6.36. The van der Waals surface area contributed by atoms with Gasteiger partial charge in [-0.3, -0.25) is 4.68 Å². The molecule has 20 heavy (non-hydrogen) atoms. The lowest BCUT2D eigenvalue weighted by atomic mass is 10.0. The first-order chi connectivity index (χ1) is 9.43. The molecular formula is C14H16ClFIN3. The molecule has 1 unspecified atom stereocenters. The lowest BCUT2D eigenvalue weighted by Crippen LogP contribution is -2.17. The van der Waals surface area contributed by atoms with E-state index in [-0.39, 0.29) is 11.9 Å². The van der Waals surface area contributed by atoms with Gasteiger partial charge < -0.3 is 5.73 Å². The topological polar surface area (TPSA) is 43.8 Å². The minimum absolute atomic E-state index is 0.235. The molecule has 2 aromatic rings. The van der Waals surface area contributed by atoms with Gasteiger partial charge >= 0.3 is 0 Å². The maximum Gasteiger partial charge on any atom is 0.124 e. The minimum atomic E-state index is -0.252.